The predicted octanol–water partition coefficient (Wildman–Crippen LogP) is 6.30. The first-order chi connectivity index (χ1) is 19.2. The van der Waals surface area contributed by atoms with E-state index in [1.54, 1.807) is 36.1 Å². The molecule has 1 unspecified atom stereocenters. The van der Waals surface area contributed by atoms with Crippen LogP contribution in [0.3, 0.4) is 0 Å². The number of carbonyl (C=O) groups excluding carboxylic acids is 1. The third-order valence-corrected chi connectivity index (χ3v) is 6.48. The largest absolute Gasteiger partial charge is 0.492 e. The molecular formula is C32H38FNO6. The van der Waals surface area contributed by atoms with E-state index in [1.807, 2.05) is 45.0 Å². The Bertz CT molecular complexity index is 1240. The molecule has 3 rings (SSSR count). The summed E-state index contributed by atoms with van der Waals surface area (Å²) in [6.07, 6.45) is 0.269. The summed E-state index contributed by atoms with van der Waals surface area (Å²) in [5, 5.41) is 9.30. The van der Waals surface area contributed by atoms with E-state index in [0.717, 1.165) is 27.8 Å². The van der Waals surface area contributed by atoms with Gasteiger partial charge in [0.05, 0.1) is 6.54 Å². The molecule has 3 aromatic rings. The Hall–Kier alpha value is -3.91. The summed E-state index contributed by atoms with van der Waals surface area (Å²) < 4.78 is 30.3. The molecule has 0 aliphatic heterocycles. The number of aliphatic carboxylic acids is 1. The minimum absolute atomic E-state index is 0.244. The fourth-order valence-corrected chi connectivity index (χ4v) is 4.53. The SMILES string of the molecule is CCOC(Cc1ccc(OCCN(CCCc2ccc(F)cc2)C(=O)Oc2c(C)cc(C)cc2C)cc1)C(=O)O. The number of hydrogen-bond donors (Lipinski definition) is 1. The molecule has 40 heavy (non-hydrogen) atoms. The van der Waals surface area contributed by atoms with Gasteiger partial charge in [0.25, 0.3) is 0 Å². The molecule has 0 saturated carbocycles. The van der Waals surface area contributed by atoms with Crippen LogP contribution in [0.1, 0.15) is 41.2 Å². The van der Waals surface area contributed by atoms with Crippen molar-refractivity contribution in [3.05, 3.63) is 94.3 Å². The van der Waals surface area contributed by atoms with E-state index in [1.165, 1.54) is 12.1 Å². The fraction of sp³-hybridized carbons (Fsp3) is 0.375. The Kier molecular flexibility index (Phi) is 11.5. The standard InChI is InChI=1S/C32H38FNO6/c1-5-38-29(31(35)36)21-26-10-14-28(15-11-26)39-18-17-34(16-6-7-25-8-12-27(33)13-9-25)32(37)40-30-23(3)19-22(2)20-24(30)4/h8-15,19-20,29H,5-7,16-18,21H2,1-4H3,(H,35,36). The van der Waals surface area contributed by atoms with Crippen molar-refractivity contribution in [3.8, 4) is 11.5 Å². The summed E-state index contributed by atoms with van der Waals surface area (Å²) in [4.78, 5) is 26.2. The van der Waals surface area contributed by atoms with Crippen molar-refractivity contribution < 1.29 is 33.3 Å². The van der Waals surface area contributed by atoms with Gasteiger partial charge < -0.3 is 24.2 Å². The van der Waals surface area contributed by atoms with E-state index in [0.29, 0.717) is 44.0 Å². The molecule has 7 nitrogen and oxygen atoms in total. The summed E-state index contributed by atoms with van der Waals surface area (Å²) in [5.41, 5.74) is 4.70. The number of rotatable bonds is 14. The maximum Gasteiger partial charge on any atom is 0.415 e. The van der Waals surface area contributed by atoms with Crippen molar-refractivity contribution in [1.29, 1.82) is 0 Å². The highest BCUT2D eigenvalue weighted by Gasteiger charge is 2.19. The van der Waals surface area contributed by atoms with E-state index >= 15 is 0 Å². The minimum atomic E-state index is -0.996. The van der Waals surface area contributed by atoms with Gasteiger partial charge in [-0.15, -0.1) is 0 Å². The average Bonchev–Trinajstić information content (AvgIpc) is 2.91. The highest BCUT2D eigenvalue weighted by atomic mass is 19.1. The molecule has 0 bridgehead atoms. The first kappa shape index (κ1) is 30.6. The van der Waals surface area contributed by atoms with Gasteiger partial charge in [0.1, 0.15) is 23.9 Å². The molecule has 1 N–H and O–H groups in total. The van der Waals surface area contributed by atoms with Crippen LogP contribution in [0.4, 0.5) is 9.18 Å². The molecule has 214 valence electrons. The maximum absolute atomic E-state index is 13.2. The number of hydrogen-bond acceptors (Lipinski definition) is 5. The molecule has 0 spiro atoms. The molecule has 0 aliphatic rings. The lowest BCUT2D eigenvalue weighted by molar-refractivity contribution is -0.149. The molecule has 0 fully saturated rings. The van der Waals surface area contributed by atoms with E-state index in [4.69, 9.17) is 14.2 Å². The van der Waals surface area contributed by atoms with Crippen LogP contribution in [-0.2, 0) is 22.4 Å². The molecule has 3 aromatic carbocycles. The zero-order valence-electron chi connectivity index (χ0n) is 23.6. The molecular weight excluding hydrogens is 513 g/mol. The second-order valence-corrected chi connectivity index (χ2v) is 9.79. The van der Waals surface area contributed by atoms with Gasteiger partial charge in [-0.2, -0.15) is 0 Å². The van der Waals surface area contributed by atoms with E-state index in [2.05, 4.69) is 0 Å². The van der Waals surface area contributed by atoms with Gasteiger partial charge in [0.15, 0.2) is 6.10 Å². The Morgan fingerprint density at radius 3 is 2.15 bits per heavy atom. The van der Waals surface area contributed by atoms with Gasteiger partial charge in [0.2, 0.25) is 0 Å². The van der Waals surface area contributed by atoms with Gasteiger partial charge in [-0.05, 0) is 87.1 Å². The summed E-state index contributed by atoms with van der Waals surface area (Å²) in [6.45, 7) is 8.91. The number of carboxylic acid groups (broad SMARTS) is 1. The monoisotopic (exact) mass is 551 g/mol. The Balaban J connectivity index is 1.61. The lowest BCUT2D eigenvalue weighted by atomic mass is 10.1. The van der Waals surface area contributed by atoms with Crippen LogP contribution in [0, 0.1) is 26.6 Å². The molecule has 1 atom stereocenters. The van der Waals surface area contributed by atoms with Crippen LogP contribution < -0.4 is 9.47 Å². The third-order valence-electron chi connectivity index (χ3n) is 6.48. The van der Waals surface area contributed by atoms with Crippen molar-refractivity contribution in [2.24, 2.45) is 0 Å². The second kappa shape index (κ2) is 15.0. The van der Waals surface area contributed by atoms with Crippen molar-refractivity contribution in [3.63, 3.8) is 0 Å². The Morgan fingerprint density at radius 1 is 0.925 bits per heavy atom. The normalized spacial score (nSPS) is 11.6. The minimum Gasteiger partial charge on any atom is -0.492 e. The zero-order valence-corrected chi connectivity index (χ0v) is 23.6. The van der Waals surface area contributed by atoms with Gasteiger partial charge >= 0.3 is 12.1 Å². The van der Waals surface area contributed by atoms with Crippen molar-refractivity contribution in [1.82, 2.24) is 4.90 Å². The number of carbonyl (C=O) groups is 2. The summed E-state index contributed by atoms with van der Waals surface area (Å²) >= 11 is 0. The molecule has 0 radical (unpaired) electrons. The number of aryl methyl sites for hydroxylation is 4. The Morgan fingerprint density at radius 2 is 1.55 bits per heavy atom. The fourth-order valence-electron chi connectivity index (χ4n) is 4.53. The first-order valence-electron chi connectivity index (χ1n) is 13.5. The molecule has 0 aromatic heterocycles. The molecule has 0 aliphatic carbocycles. The number of nitrogens with zero attached hydrogens (tertiary/aromatic N) is 1. The van der Waals surface area contributed by atoms with Crippen molar-refractivity contribution in [2.45, 2.75) is 53.1 Å². The van der Waals surface area contributed by atoms with Gasteiger partial charge in [-0.1, -0.05) is 42.0 Å². The second-order valence-electron chi connectivity index (χ2n) is 9.79. The number of benzene rings is 3. The van der Waals surface area contributed by atoms with E-state index in [-0.39, 0.29) is 18.8 Å². The summed E-state index contributed by atoms with van der Waals surface area (Å²) in [5.74, 6) is -0.108. The predicted molar refractivity (Wildman–Crippen MR) is 152 cm³/mol. The van der Waals surface area contributed by atoms with Crippen LogP contribution in [0.2, 0.25) is 0 Å². The van der Waals surface area contributed by atoms with E-state index < -0.39 is 18.2 Å². The van der Waals surface area contributed by atoms with Crippen LogP contribution in [0.15, 0.2) is 60.7 Å². The van der Waals surface area contributed by atoms with Gasteiger partial charge in [0, 0.05) is 19.6 Å². The smallest absolute Gasteiger partial charge is 0.415 e. The summed E-state index contributed by atoms with van der Waals surface area (Å²) in [6, 6.07) is 17.5. The van der Waals surface area contributed by atoms with Gasteiger partial charge in [-0.3, -0.25) is 0 Å². The topological polar surface area (TPSA) is 85.3 Å². The average molecular weight is 552 g/mol. The van der Waals surface area contributed by atoms with Crippen LogP contribution in [-0.4, -0.2) is 54.5 Å². The quantitative estimate of drug-likeness (QED) is 0.253. The Labute approximate surface area is 235 Å². The molecule has 0 heterocycles. The van der Waals surface area contributed by atoms with Crippen LogP contribution in [0.25, 0.3) is 0 Å². The highest BCUT2D eigenvalue weighted by molar-refractivity contribution is 5.73. The number of ether oxygens (including phenoxy) is 3. The van der Waals surface area contributed by atoms with Crippen molar-refractivity contribution in [2.75, 3.05) is 26.3 Å². The molecule has 1 amide bonds. The summed E-state index contributed by atoms with van der Waals surface area (Å²) in [7, 11) is 0. The van der Waals surface area contributed by atoms with E-state index in [9.17, 15) is 19.1 Å². The number of halogens is 1. The third kappa shape index (κ3) is 9.38. The molecule has 0 saturated heterocycles. The lowest BCUT2D eigenvalue weighted by Crippen LogP contribution is -2.38. The highest BCUT2D eigenvalue weighted by Crippen LogP contribution is 2.25. The van der Waals surface area contributed by atoms with Crippen molar-refractivity contribution >= 4 is 12.1 Å². The zero-order chi connectivity index (χ0) is 29.1. The first-order valence-corrected chi connectivity index (χ1v) is 13.5. The molecule has 8 heteroatoms. The van der Waals surface area contributed by atoms with Crippen LogP contribution >= 0.6 is 0 Å². The maximum atomic E-state index is 13.2. The van der Waals surface area contributed by atoms with Crippen LogP contribution in [0.5, 0.6) is 11.5 Å². The lowest BCUT2D eigenvalue weighted by Gasteiger charge is -2.23. The number of amides is 1. The van der Waals surface area contributed by atoms with Gasteiger partial charge in [-0.25, -0.2) is 14.0 Å². The number of carboxylic acids is 1.